The summed E-state index contributed by atoms with van der Waals surface area (Å²) in [4.78, 5) is 7.86. The maximum absolute atomic E-state index is 5.17. The lowest BCUT2D eigenvalue weighted by atomic mass is 9.79. The fourth-order valence-corrected chi connectivity index (χ4v) is 5.30. The predicted octanol–water partition coefficient (Wildman–Crippen LogP) is 4.72. The lowest BCUT2D eigenvalue weighted by Gasteiger charge is -2.45. The Kier molecular flexibility index (Phi) is 3.09. The van der Waals surface area contributed by atoms with E-state index in [2.05, 4.69) is 71.4 Å². The molecule has 0 N–H and O–H groups in total. The molecule has 4 nitrogen and oxygen atoms in total. The summed E-state index contributed by atoms with van der Waals surface area (Å²) in [7, 11) is 2.09. The molecule has 1 aliphatic heterocycles. The van der Waals surface area contributed by atoms with Crippen LogP contribution in [0.25, 0.3) is 5.78 Å². The molecule has 0 amide bonds. The number of hydrogen-bond donors (Lipinski definition) is 0. The van der Waals surface area contributed by atoms with Gasteiger partial charge < -0.3 is 9.47 Å². The maximum Gasteiger partial charge on any atom is 0.214 e. The van der Waals surface area contributed by atoms with Gasteiger partial charge in [0.05, 0.1) is 23.0 Å². The Morgan fingerprint density at radius 3 is 2.60 bits per heavy atom. The van der Waals surface area contributed by atoms with Gasteiger partial charge in [0.25, 0.3) is 0 Å². The zero-order valence-electron chi connectivity index (χ0n) is 15.4. The van der Waals surface area contributed by atoms with Crippen LogP contribution in [0.2, 0.25) is 0 Å². The first-order valence-corrected chi connectivity index (χ1v) is 9.52. The number of benzene rings is 1. The van der Waals surface area contributed by atoms with Gasteiger partial charge in [-0.15, -0.1) is 0 Å². The highest BCUT2D eigenvalue weighted by atomic mass is 15.3. The summed E-state index contributed by atoms with van der Waals surface area (Å²) in [6.45, 7) is 4.59. The molecule has 3 aromatic rings. The molecule has 1 saturated carbocycles. The van der Waals surface area contributed by atoms with Gasteiger partial charge in [0.1, 0.15) is 0 Å². The average Bonchev–Trinajstić information content (AvgIpc) is 3.23. The molecule has 130 valence electrons. The fraction of sp³-hybridized carbons (Fsp3) is 0.476. The van der Waals surface area contributed by atoms with Crippen molar-refractivity contribution in [2.75, 3.05) is 4.90 Å². The Morgan fingerprint density at radius 2 is 1.84 bits per heavy atom. The number of aryl methyl sites for hydroxylation is 2. The number of imidazole rings is 2. The molecule has 0 radical (unpaired) electrons. The molecule has 5 rings (SSSR count). The van der Waals surface area contributed by atoms with Crippen molar-refractivity contribution in [3.8, 4) is 0 Å². The molecule has 25 heavy (non-hydrogen) atoms. The first kappa shape index (κ1) is 15.1. The third kappa shape index (κ3) is 1.85. The molecular weight excluding hydrogens is 308 g/mol. The Labute approximate surface area is 149 Å². The van der Waals surface area contributed by atoms with Gasteiger partial charge in [0.15, 0.2) is 0 Å². The molecule has 4 heteroatoms. The molecule has 1 spiro atoms. The number of rotatable bonds is 1. The molecule has 1 aliphatic carbocycles. The van der Waals surface area contributed by atoms with Crippen LogP contribution in [-0.2, 0) is 12.6 Å². The van der Waals surface area contributed by atoms with Crippen LogP contribution in [0, 0.1) is 6.92 Å². The highest BCUT2D eigenvalue weighted by Crippen LogP contribution is 2.55. The summed E-state index contributed by atoms with van der Waals surface area (Å²) in [5, 5.41) is 0. The lowest BCUT2D eigenvalue weighted by Crippen LogP contribution is -2.44. The van der Waals surface area contributed by atoms with Crippen molar-refractivity contribution in [2.24, 2.45) is 7.05 Å². The SMILES string of the molecule is Cc1ccccc1N1[C@@H](C)c2c(nc3n(C)ccn23)C12CCCCC2. The van der Waals surface area contributed by atoms with E-state index in [1.807, 2.05) is 0 Å². The molecule has 0 saturated heterocycles. The second kappa shape index (κ2) is 5.13. The second-order valence-corrected chi connectivity index (χ2v) is 7.85. The van der Waals surface area contributed by atoms with Gasteiger partial charge in [0.2, 0.25) is 5.78 Å². The van der Waals surface area contributed by atoms with E-state index >= 15 is 0 Å². The zero-order chi connectivity index (χ0) is 17.2. The van der Waals surface area contributed by atoms with Crippen LogP contribution in [0.15, 0.2) is 36.7 Å². The summed E-state index contributed by atoms with van der Waals surface area (Å²) in [5.41, 5.74) is 5.51. The van der Waals surface area contributed by atoms with Crippen LogP contribution in [0.3, 0.4) is 0 Å². The van der Waals surface area contributed by atoms with Crippen molar-refractivity contribution < 1.29 is 0 Å². The number of nitrogens with zero attached hydrogens (tertiary/aromatic N) is 4. The Balaban J connectivity index is 1.78. The Morgan fingerprint density at radius 1 is 1.08 bits per heavy atom. The standard InChI is InChI=1S/C21H26N4/c1-15-9-5-6-10-17(15)25-16(2)18-19(21(25)11-7-4-8-12-21)22-20-23(3)13-14-24(18)20/h5-6,9-10,13-14,16H,4,7-8,11-12H2,1-3H3/t16-/m0/s1. The van der Waals surface area contributed by atoms with E-state index in [0.29, 0.717) is 6.04 Å². The third-order valence-electron chi connectivity index (χ3n) is 6.42. The minimum Gasteiger partial charge on any atom is -0.352 e. The second-order valence-electron chi connectivity index (χ2n) is 7.85. The minimum atomic E-state index is 0.0606. The quantitative estimate of drug-likeness (QED) is 0.643. The van der Waals surface area contributed by atoms with Crippen molar-refractivity contribution in [3.63, 3.8) is 0 Å². The fourth-order valence-electron chi connectivity index (χ4n) is 5.30. The summed E-state index contributed by atoms with van der Waals surface area (Å²) < 4.78 is 4.45. The largest absolute Gasteiger partial charge is 0.352 e. The summed E-state index contributed by atoms with van der Waals surface area (Å²) in [6.07, 6.45) is 10.6. The number of anilines is 1. The monoisotopic (exact) mass is 334 g/mol. The van der Waals surface area contributed by atoms with Crippen molar-refractivity contribution in [1.82, 2.24) is 14.0 Å². The van der Waals surface area contributed by atoms with Crippen LogP contribution in [0.5, 0.6) is 0 Å². The molecule has 0 bridgehead atoms. The van der Waals surface area contributed by atoms with E-state index < -0.39 is 0 Å². The molecule has 0 unspecified atom stereocenters. The van der Waals surface area contributed by atoms with E-state index in [4.69, 9.17) is 4.98 Å². The van der Waals surface area contributed by atoms with Gasteiger partial charge >= 0.3 is 0 Å². The molecule has 2 aliphatic rings. The van der Waals surface area contributed by atoms with E-state index in [1.165, 1.54) is 54.7 Å². The summed E-state index contributed by atoms with van der Waals surface area (Å²) in [5.74, 6) is 1.08. The number of hydrogen-bond acceptors (Lipinski definition) is 2. The van der Waals surface area contributed by atoms with Crippen LogP contribution >= 0.6 is 0 Å². The lowest BCUT2D eigenvalue weighted by molar-refractivity contribution is 0.278. The molecule has 1 fully saturated rings. The van der Waals surface area contributed by atoms with Crippen molar-refractivity contribution in [2.45, 2.75) is 57.5 Å². The number of para-hydroxylation sites is 1. The van der Waals surface area contributed by atoms with Gasteiger partial charge in [0, 0.05) is 25.1 Å². The van der Waals surface area contributed by atoms with Gasteiger partial charge in [-0.05, 0) is 38.3 Å². The van der Waals surface area contributed by atoms with Gasteiger partial charge in [-0.2, -0.15) is 0 Å². The third-order valence-corrected chi connectivity index (χ3v) is 6.42. The highest BCUT2D eigenvalue weighted by Gasteiger charge is 2.52. The van der Waals surface area contributed by atoms with E-state index in [-0.39, 0.29) is 5.54 Å². The average molecular weight is 334 g/mol. The van der Waals surface area contributed by atoms with Crippen LogP contribution < -0.4 is 4.90 Å². The molecule has 1 atom stereocenters. The summed E-state index contributed by atoms with van der Waals surface area (Å²) >= 11 is 0. The highest BCUT2D eigenvalue weighted by molar-refractivity contribution is 5.63. The van der Waals surface area contributed by atoms with Crippen LogP contribution in [0.4, 0.5) is 5.69 Å². The topological polar surface area (TPSA) is 25.5 Å². The molecule has 2 aromatic heterocycles. The molecular formula is C21H26N4. The van der Waals surface area contributed by atoms with Gasteiger partial charge in [-0.25, -0.2) is 4.98 Å². The smallest absolute Gasteiger partial charge is 0.214 e. The van der Waals surface area contributed by atoms with Crippen molar-refractivity contribution >= 4 is 11.5 Å². The van der Waals surface area contributed by atoms with E-state index in [1.54, 1.807) is 0 Å². The molecule has 3 heterocycles. The Hall–Kier alpha value is -2.23. The van der Waals surface area contributed by atoms with E-state index in [9.17, 15) is 0 Å². The Bertz CT molecular complexity index is 942. The van der Waals surface area contributed by atoms with Gasteiger partial charge in [-0.1, -0.05) is 37.5 Å². The number of aromatic nitrogens is 3. The number of fused-ring (bicyclic) bond motifs is 4. The zero-order valence-corrected chi connectivity index (χ0v) is 15.4. The first-order valence-electron chi connectivity index (χ1n) is 9.52. The normalized spacial score (nSPS) is 22.0. The van der Waals surface area contributed by atoms with Crippen molar-refractivity contribution in [3.05, 3.63) is 53.6 Å². The van der Waals surface area contributed by atoms with Crippen LogP contribution in [-0.4, -0.2) is 14.0 Å². The maximum atomic E-state index is 5.17. The first-order chi connectivity index (χ1) is 12.1. The van der Waals surface area contributed by atoms with Crippen LogP contribution in [0.1, 0.15) is 62.0 Å². The van der Waals surface area contributed by atoms with E-state index in [0.717, 1.165) is 5.78 Å². The molecule has 1 aromatic carbocycles. The van der Waals surface area contributed by atoms with Crippen molar-refractivity contribution in [1.29, 1.82) is 0 Å². The minimum absolute atomic E-state index is 0.0606. The van der Waals surface area contributed by atoms with Gasteiger partial charge in [-0.3, -0.25) is 4.40 Å². The summed E-state index contributed by atoms with van der Waals surface area (Å²) in [6, 6.07) is 9.18. The predicted molar refractivity (Wildman–Crippen MR) is 101 cm³/mol.